The van der Waals surface area contributed by atoms with E-state index in [0.29, 0.717) is 44.2 Å². The molecule has 0 aromatic rings. The number of hydrogen-bond acceptors (Lipinski definition) is 9. The highest BCUT2D eigenvalue weighted by atomic mass is 33.1. The largest absolute Gasteiger partial charge is 0.481 e. The van der Waals surface area contributed by atoms with E-state index < -0.39 is 36.0 Å². The van der Waals surface area contributed by atoms with Crippen LogP contribution < -0.4 is 11.1 Å². The third-order valence-corrected chi connectivity index (χ3v) is 12.9. The first-order valence-electron chi connectivity index (χ1n) is 23.5. The molecule has 0 spiro atoms. The Labute approximate surface area is 362 Å². The molecule has 0 aliphatic heterocycles. The van der Waals surface area contributed by atoms with E-state index in [4.69, 9.17) is 30.2 Å². The summed E-state index contributed by atoms with van der Waals surface area (Å²) in [5.41, 5.74) is 6.01. The number of carboxylic acids is 2. The zero-order chi connectivity index (χ0) is 42.6. The van der Waals surface area contributed by atoms with Crippen LogP contribution in [0.4, 0.5) is 4.79 Å². The molecule has 2 atom stereocenters. The predicted octanol–water partition coefficient (Wildman–Crippen LogP) is 12.5. The van der Waals surface area contributed by atoms with Gasteiger partial charge in [0.15, 0.2) is 0 Å². The summed E-state index contributed by atoms with van der Waals surface area (Å²) in [6.07, 6.45) is 35.8. The molecule has 0 heterocycles. The average molecular weight is 862 g/mol. The number of amides is 1. The lowest BCUT2D eigenvalue weighted by atomic mass is 10.0. The maximum Gasteiger partial charge on any atom is 0.409 e. The fourth-order valence-corrected chi connectivity index (χ4v) is 8.97. The molecule has 0 fully saturated rings. The van der Waals surface area contributed by atoms with Gasteiger partial charge in [0.1, 0.15) is 11.9 Å². The number of carboxylic acid groups (broad SMARTS) is 2. The van der Waals surface area contributed by atoms with Gasteiger partial charge in [-0.25, -0.2) is 4.79 Å². The molecule has 0 saturated heterocycles. The van der Waals surface area contributed by atoms with Gasteiger partial charge in [-0.3, -0.25) is 14.6 Å². The number of unbranched alkanes of at least 4 members (excludes halogenated alkanes) is 26. The molecule has 0 aliphatic carbocycles. The van der Waals surface area contributed by atoms with Gasteiger partial charge in [-0.15, -0.1) is 0 Å². The summed E-state index contributed by atoms with van der Waals surface area (Å²) in [7, 11) is 2.35. The maximum absolute atomic E-state index is 12.6. The first-order valence-corrected chi connectivity index (χ1v) is 25.8. The maximum atomic E-state index is 12.6. The van der Waals surface area contributed by atoms with Crippen molar-refractivity contribution in [1.29, 1.82) is 0 Å². The van der Waals surface area contributed by atoms with E-state index in [1.165, 1.54) is 165 Å². The molecule has 5 N–H and O–H groups in total. The lowest BCUT2D eigenvalue weighted by Gasteiger charge is -2.19. The molecule has 58 heavy (non-hydrogen) atoms. The number of nitrogens with zero attached hydrogens (tertiary/aromatic N) is 1. The highest BCUT2D eigenvalue weighted by molar-refractivity contribution is 8.77. The third-order valence-electron chi connectivity index (χ3n) is 10.1. The van der Waals surface area contributed by atoms with Gasteiger partial charge in [-0.1, -0.05) is 202 Å². The van der Waals surface area contributed by atoms with Crippen LogP contribution in [-0.4, -0.2) is 84.3 Å². The predicted molar refractivity (Wildman–Crippen MR) is 245 cm³/mol. The monoisotopic (exact) mass is 862 g/mol. The molecule has 0 aromatic carbocycles. The second-order valence-corrected chi connectivity index (χ2v) is 18.4. The fourth-order valence-electron chi connectivity index (χ4n) is 6.57. The number of carbonyl (C=O) groups is 3. The van der Waals surface area contributed by atoms with Crippen LogP contribution in [0.5, 0.6) is 0 Å². The van der Waals surface area contributed by atoms with Gasteiger partial charge >= 0.3 is 18.0 Å². The Morgan fingerprint density at radius 3 is 1.53 bits per heavy atom. The Kier molecular flexibility index (Phi) is 43.5. The van der Waals surface area contributed by atoms with Crippen LogP contribution >= 0.6 is 21.6 Å². The van der Waals surface area contributed by atoms with Gasteiger partial charge in [0.05, 0.1) is 25.4 Å². The van der Waals surface area contributed by atoms with Gasteiger partial charge in [0.2, 0.25) is 6.29 Å². The fraction of sp³-hybridized carbons (Fsp3) is 0.911. The van der Waals surface area contributed by atoms with Crippen molar-refractivity contribution in [3.63, 3.8) is 0 Å². The molecule has 0 radical (unpaired) electrons. The molecule has 11 nitrogen and oxygen atoms in total. The summed E-state index contributed by atoms with van der Waals surface area (Å²) in [5, 5.41) is 19.7. The topological polar surface area (TPSA) is 170 Å². The van der Waals surface area contributed by atoms with E-state index in [9.17, 15) is 14.4 Å². The zero-order valence-corrected chi connectivity index (χ0v) is 38.6. The summed E-state index contributed by atoms with van der Waals surface area (Å²) in [6, 6.07) is 0. The normalized spacial score (nSPS) is 12.8. The van der Waals surface area contributed by atoms with Crippen molar-refractivity contribution in [2.24, 2.45) is 10.7 Å². The highest BCUT2D eigenvalue weighted by Crippen LogP contribution is 2.30. The minimum Gasteiger partial charge on any atom is -0.481 e. The molecule has 1 amide bonds. The molecule has 0 aliphatic rings. The average Bonchev–Trinajstić information content (AvgIpc) is 3.19. The Balaban J connectivity index is 4.33. The van der Waals surface area contributed by atoms with E-state index >= 15 is 0 Å². The van der Waals surface area contributed by atoms with Crippen LogP contribution in [0.3, 0.4) is 0 Å². The summed E-state index contributed by atoms with van der Waals surface area (Å²) >= 11 is 0. The number of nitrogens with one attached hydrogen (secondary N) is 1. The minimum atomic E-state index is -1.14. The summed E-state index contributed by atoms with van der Waals surface area (Å²) in [4.78, 5) is 38.9. The number of nitrogens with two attached hydrogens (primary N) is 1. The van der Waals surface area contributed by atoms with Crippen molar-refractivity contribution in [1.82, 2.24) is 5.32 Å². The number of ether oxygens (including phenoxy) is 3. The molecule has 2 unspecified atom stereocenters. The van der Waals surface area contributed by atoms with Crippen LogP contribution in [0, 0.1) is 0 Å². The first-order chi connectivity index (χ1) is 28.3. The number of rotatable bonds is 46. The van der Waals surface area contributed by atoms with E-state index in [2.05, 4.69) is 24.2 Å². The van der Waals surface area contributed by atoms with Crippen molar-refractivity contribution in [3.05, 3.63) is 0 Å². The van der Waals surface area contributed by atoms with Crippen LogP contribution in [0.15, 0.2) is 4.99 Å². The number of hydrogen-bond donors (Lipinski definition) is 4. The standard InChI is InChI=1S/C45H87N3O8S2/c1-3-5-7-9-11-13-15-17-19-21-23-25-27-29-35-54-39-43(55-36-30-28-26-24-22-20-18-16-14-12-10-8-6-4-2)56-45(53)48-34-33-47-41(46)32-31-37-57-58-40(44(51)52)38-42(49)50/h40,43H,3-39H2,1-2H3,(H2,46,47)(H,48,53)(H,49,50)(H,51,52). The van der Waals surface area contributed by atoms with Gasteiger partial charge < -0.3 is 35.5 Å². The molecule has 13 heteroatoms. The molecule has 0 bridgehead atoms. The van der Waals surface area contributed by atoms with Crippen LogP contribution in [-0.2, 0) is 23.8 Å². The molecule has 0 aromatic heterocycles. The van der Waals surface area contributed by atoms with Crippen LogP contribution in [0.2, 0.25) is 0 Å². The molecular weight excluding hydrogens is 775 g/mol. The van der Waals surface area contributed by atoms with Crippen LogP contribution in [0.1, 0.15) is 213 Å². The second-order valence-electron chi connectivity index (χ2n) is 15.7. The SMILES string of the molecule is CCCCCCCCCCCCCCCCOCC(OCCCCCCCCCCCCCCCC)OC(=O)NCCN=C(N)CCCSSC(CC(=O)O)C(=O)O. The number of aliphatic carboxylic acids is 2. The summed E-state index contributed by atoms with van der Waals surface area (Å²) in [6.45, 7) is 6.43. The Bertz CT molecular complexity index is 978. The van der Waals surface area contributed by atoms with E-state index in [1.54, 1.807) is 0 Å². The lowest BCUT2D eigenvalue weighted by Crippen LogP contribution is -2.34. The van der Waals surface area contributed by atoms with Gasteiger partial charge in [-0.2, -0.15) is 0 Å². The smallest absolute Gasteiger partial charge is 0.409 e. The van der Waals surface area contributed by atoms with E-state index in [1.807, 2.05) is 0 Å². The van der Waals surface area contributed by atoms with Crippen molar-refractivity contribution < 1.29 is 38.8 Å². The van der Waals surface area contributed by atoms with E-state index in [0.717, 1.165) is 36.5 Å². The molecule has 0 rings (SSSR count). The number of aliphatic imine (C=N–C) groups is 1. The van der Waals surface area contributed by atoms with Crippen molar-refractivity contribution in [3.8, 4) is 0 Å². The summed E-state index contributed by atoms with van der Waals surface area (Å²) in [5.74, 6) is -1.23. The minimum absolute atomic E-state index is 0.204. The summed E-state index contributed by atoms with van der Waals surface area (Å²) < 4.78 is 17.5. The molecular formula is C45H87N3O8S2. The van der Waals surface area contributed by atoms with Crippen molar-refractivity contribution >= 4 is 45.5 Å². The van der Waals surface area contributed by atoms with Gasteiger partial charge in [0.25, 0.3) is 0 Å². The number of amidine groups is 1. The van der Waals surface area contributed by atoms with Crippen LogP contribution in [0.25, 0.3) is 0 Å². The Morgan fingerprint density at radius 1 is 0.638 bits per heavy atom. The third kappa shape index (κ3) is 42.4. The quantitative estimate of drug-likeness (QED) is 0.0151. The van der Waals surface area contributed by atoms with Crippen molar-refractivity contribution in [2.45, 2.75) is 224 Å². The first kappa shape index (κ1) is 56.3. The number of alkyl carbamates (subject to hydrolysis) is 1. The Hall–Kier alpha value is -1.70. The number of carbonyl (C=O) groups excluding carboxylic acids is 1. The zero-order valence-electron chi connectivity index (χ0n) is 37.0. The molecule has 342 valence electrons. The van der Waals surface area contributed by atoms with Crippen molar-refractivity contribution in [2.75, 3.05) is 38.7 Å². The molecule has 0 saturated carbocycles. The lowest BCUT2D eigenvalue weighted by molar-refractivity contribution is -0.142. The second kappa shape index (κ2) is 44.8. The highest BCUT2D eigenvalue weighted by Gasteiger charge is 2.21. The van der Waals surface area contributed by atoms with Gasteiger partial charge in [-0.05, 0) is 19.3 Å². The van der Waals surface area contributed by atoms with Gasteiger partial charge in [0, 0.05) is 25.3 Å². The Morgan fingerprint density at radius 2 is 1.09 bits per heavy atom. The van der Waals surface area contributed by atoms with E-state index in [-0.39, 0.29) is 13.2 Å².